The lowest BCUT2D eigenvalue weighted by Crippen LogP contribution is -2.55. The van der Waals surface area contributed by atoms with Gasteiger partial charge in [0.15, 0.2) is 0 Å². The number of Topliss-reactive ketones (excluding diaryl/α,β-unsaturated/α-hetero) is 1. The Kier molecular flexibility index (Phi) is 4.93. The Balaban J connectivity index is 1.39. The monoisotopic (exact) mass is 410 g/mol. The van der Waals surface area contributed by atoms with Crippen molar-refractivity contribution >= 4 is 5.78 Å². The molecule has 1 spiro atoms. The molecule has 1 nitrogen and oxygen atoms in total. The summed E-state index contributed by atoms with van der Waals surface area (Å²) in [5, 5.41) is 0. The summed E-state index contributed by atoms with van der Waals surface area (Å²) in [7, 11) is 0. The normalized spacial score (nSPS) is 51.8. The van der Waals surface area contributed by atoms with E-state index in [1.165, 1.54) is 44.9 Å². The van der Waals surface area contributed by atoms with E-state index in [0.29, 0.717) is 39.8 Å². The summed E-state index contributed by atoms with van der Waals surface area (Å²) in [6, 6.07) is 0. The molecule has 5 fully saturated rings. The third-order valence-corrected chi connectivity index (χ3v) is 12.0. The molecule has 10 unspecified atom stereocenters. The number of carbonyl (C=O) groups is 1. The topological polar surface area (TPSA) is 17.1 Å². The fourth-order valence-corrected chi connectivity index (χ4v) is 9.89. The molecule has 0 amide bonds. The number of ketones is 1. The Morgan fingerprint density at radius 1 is 0.900 bits per heavy atom. The zero-order chi connectivity index (χ0) is 21.5. The van der Waals surface area contributed by atoms with Gasteiger partial charge in [0, 0.05) is 12.8 Å². The molecule has 0 radical (unpaired) electrons. The van der Waals surface area contributed by atoms with Gasteiger partial charge in [-0.1, -0.05) is 53.7 Å². The molecule has 30 heavy (non-hydrogen) atoms. The fraction of sp³-hybridized carbons (Fsp3) is 0.897. The second kappa shape index (κ2) is 6.95. The van der Waals surface area contributed by atoms with Crippen molar-refractivity contribution in [2.45, 2.75) is 99.3 Å². The molecular weight excluding hydrogens is 364 g/mol. The summed E-state index contributed by atoms with van der Waals surface area (Å²) in [5.74, 6) is 7.07. The lowest BCUT2D eigenvalue weighted by Gasteiger charge is -2.61. The predicted molar refractivity (Wildman–Crippen MR) is 125 cm³/mol. The quantitative estimate of drug-likeness (QED) is 0.434. The van der Waals surface area contributed by atoms with Crippen LogP contribution in [-0.4, -0.2) is 5.78 Å². The third kappa shape index (κ3) is 2.82. The van der Waals surface area contributed by atoms with Gasteiger partial charge < -0.3 is 0 Å². The highest BCUT2D eigenvalue weighted by atomic mass is 16.1. The number of fused-ring (bicyclic) bond motifs is 3. The van der Waals surface area contributed by atoms with E-state index >= 15 is 0 Å². The van der Waals surface area contributed by atoms with Crippen molar-refractivity contribution in [1.29, 1.82) is 0 Å². The molecule has 10 atom stereocenters. The number of allylic oxidation sites excluding steroid dienone is 2. The molecule has 0 aromatic rings. The van der Waals surface area contributed by atoms with Crippen LogP contribution in [0.5, 0.6) is 0 Å². The van der Waals surface area contributed by atoms with Gasteiger partial charge in [-0.2, -0.15) is 0 Å². The largest absolute Gasteiger partial charge is 0.300 e. The van der Waals surface area contributed by atoms with E-state index in [1.807, 2.05) is 0 Å². The Bertz CT molecular complexity index is 735. The Morgan fingerprint density at radius 3 is 2.37 bits per heavy atom. The van der Waals surface area contributed by atoms with Crippen LogP contribution in [0.4, 0.5) is 0 Å². The van der Waals surface area contributed by atoms with Crippen LogP contribution in [-0.2, 0) is 4.79 Å². The summed E-state index contributed by atoms with van der Waals surface area (Å²) >= 11 is 0. The second-order valence-corrected chi connectivity index (χ2v) is 13.4. The molecule has 5 rings (SSSR count). The lowest BCUT2D eigenvalue weighted by atomic mass is 9.43. The van der Waals surface area contributed by atoms with E-state index in [4.69, 9.17) is 0 Å². The minimum Gasteiger partial charge on any atom is -0.300 e. The molecule has 0 heterocycles. The number of hydrogen-bond acceptors (Lipinski definition) is 1. The minimum atomic E-state index is 0.457. The number of carbonyl (C=O) groups excluding carboxylic acids is 1. The Labute approximate surface area is 185 Å². The fourth-order valence-electron chi connectivity index (χ4n) is 9.89. The lowest BCUT2D eigenvalue weighted by molar-refractivity contribution is -0.144. The number of hydrogen-bond donors (Lipinski definition) is 0. The van der Waals surface area contributed by atoms with Gasteiger partial charge in [-0.25, -0.2) is 0 Å². The minimum absolute atomic E-state index is 0.457. The van der Waals surface area contributed by atoms with Gasteiger partial charge >= 0.3 is 0 Å². The Morgan fingerprint density at radius 2 is 1.63 bits per heavy atom. The molecule has 5 aliphatic carbocycles. The molecule has 5 saturated carbocycles. The summed E-state index contributed by atoms with van der Waals surface area (Å²) in [6.45, 7) is 14.9. The van der Waals surface area contributed by atoms with Crippen molar-refractivity contribution in [2.24, 2.45) is 63.6 Å². The van der Waals surface area contributed by atoms with Gasteiger partial charge in [0.05, 0.1) is 0 Å². The molecule has 5 aliphatic rings. The third-order valence-electron chi connectivity index (χ3n) is 12.0. The van der Waals surface area contributed by atoms with Crippen molar-refractivity contribution in [2.75, 3.05) is 0 Å². The maximum atomic E-state index is 12.2. The van der Waals surface area contributed by atoms with Crippen molar-refractivity contribution in [3.63, 3.8) is 0 Å². The summed E-state index contributed by atoms with van der Waals surface area (Å²) < 4.78 is 0. The van der Waals surface area contributed by atoms with Gasteiger partial charge in [0.2, 0.25) is 0 Å². The van der Waals surface area contributed by atoms with Crippen LogP contribution in [0.25, 0.3) is 0 Å². The molecule has 0 saturated heterocycles. The van der Waals surface area contributed by atoms with Crippen LogP contribution in [0, 0.1) is 63.6 Å². The van der Waals surface area contributed by atoms with Crippen LogP contribution in [0.15, 0.2) is 12.2 Å². The van der Waals surface area contributed by atoms with Gasteiger partial charge in [0.25, 0.3) is 0 Å². The van der Waals surface area contributed by atoms with Crippen LogP contribution in [0.2, 0.25) is 0 Å². The highest BCUT2D eigenvalue weighted by Gasteiger charge is 2.76. The molecule has 0 aromatic carbocycles. The van der Waals surface area contributed by atoms with Crippen molar-refractivity contribution in [3.05, 3.63) is 12.2 Å². The summed E-state index contributed by atoms with van der Waals surface area (Å²) in [6.07, 6.45) is 16.7. The van der Waals surface area contributed by atoms with Gasteiger partial charge in [-0.15, -0.1) is 0 Å². The van der Waals surface area contributed by atoms with Gasteiger partial charge in [-0.3, -0.25) is 4.79 Å². The first kappa shape index (κ1) is 21.3. The van der Waals surface area contributed by atoms with Crippen LogP contribution >= 0.6 is 0 Å². The molecule has 0 N–H and O–H groups in total. The molecule has 168 valence electrons. The van der Waals surface area contributed by atoms with Gasteiger partial charge in [-0.05, 0) is 109 Å². The van der Waals surface area contributed by atoms with Crippen LogP contribution in [0.3, 0.4) is 0 Å². The highest BCUT2D eigenvalue weighted by Crippen LogP contribution is 2.82. The van der Waals surface area contributed by atoms with E-state index in [-0.39, 0.29) is 0 Å². The predicted octanol–water partition coefficient (Wildman–Crippen LogP) is 7.70. The first-order chi connectivity index (χ1) is 14.1. The molecule has 0 aliphatic heterocycles. The maximum absolute atomic E-state index is 12.2. The van der Waals surface area contributed by atoms with E-state index in [2.05, 4.69) is 53.7 Å². The van der Waals surface area contributed by atoms with Crippen LogP contribution in [0.1, 0.15) is 99.3 Å². The van der Waals surface area contributed by atoms with Crippen molar-refractivity contribution < 1.29 is 4.79 Å². The average Bonchev–Trinajstić information content (AvgIpc) is 3.26. The summed E-state index contributed by atoms with van der Waals surface area (Å²) in [5.41, 5.74) is 1.66. The second-order valence-electron chi connectivity index (χ2n) is 13.4. The van der Waals surface area contributed by atoms with E-state index in [0.717, 1.165) is 42.4 Å². The van der Waals surface area contributed by atoms with Crippen molar-refractivity contribution in [3.8, 4) is 0 Å². The number of rotatable bonds is 4. The average molecular weight is 411 g/mol. The first-order valence-corrected chi connectivity index (χ1v) is 13.3. The van der Waals surface area contributed by atoms with Gasteiger partial charge in [0.1, 0.15) is 5.78 Å². The molecule has 0 bridgehead atoms. The van der Waals surface area contributed by atoms with E-state index in [1.54, 1.807) is 0 Å². The SMILES string of the molecule is CC(C)C(C)/C=C/C(C)C1CCC2C1(C)CCC1C3(C)CCC(=O)CC3CC3CC312. The van der Waals surface area contributed by atoms with Crippen LogP contribution < -0.4 is 0 Å². The maximum Gasteiger partial charge on any atom is 0.133 e. The first-order valence-electron chi connectivity index (χ1n) is 13.3. The van der Waals surface area contributed by atoms with E-state index in [9.17, 15) is 4.79 Å². The van der Waals surface area contributed by atoms with Crippen molar-refractivity contribution in [1.82, 2.24) is 0 Å². The Hall–Kier alpha value is -0.590. The van der Waals surface area contributed by atoms with E-state index < -0.39 is 0 Å². The summed E-state index contributed by atoms with van der Waals surface area (Å²) in [4.78, 5) is 12.2. The molecular formula is C29H46O. The molecule has 0 aromatic heterocycles. The standard InChI is InChI=1S/C29H46O/c1-18(2)19(3)7-8-20(4)24-9-10-25-28(24,6)14-12-26-27(5)13-11-23(30)16-21(27)15-22-17-29(22,25)26/h7-8,18-22,24-26H,9-17H2,1-6H3/b8-7+. The molecule has 1 heteroatoms. The zero-order valence-electron chi connectivity index (χ0n) is 20.5. The highest BCUT2D eigenvalue weighted by molar-refractivity contribution is 5.79. The smallest absolute Gasteiger partial charge is 0.133 e. The zero-order valence-corrected chi connectivity index (χ0v) is 20.5.